The molecule has 3 rings (SSSR count). The van der Waals surface area contributed by atoms with E-state index in [9.17, 15) is 9.59 Å². The highest BCUT2D eigenvalue weighted by Gasteiger charge is 2.40. The van der Waals surface area contributed by atoms with Crippen LogP contribution in [-0.2, 0) is 9.59 Å². The van der Waals surface area contributed by atoms with Gasteiger partial charge in [0.25, 0.3) is 5.91 Å². The maximum atomic E-state index is 11.9. The minimum Gasteiger partial charge on any atom is -0.483 e. The lowest BCUT2D eigenvalue weighted by Crippen LogP contribution is -2.44. The summed E-state index contributed by atoms with van der Waals surface area (Å²) >= 11 is 0. The third-order valence-corrected chi connectivity index (χ3v) is 5.13. The van der Waals surface area contributed by atoms with Gasteiger partial charge in [-0.1, -0.05) is 24.6 Å². The van der Waals surface area contributed by atoms with E-state index in [0.29, 0.717) is 24.0 Å². The van der Waals surface area contributed by atoms with Crippen molar-refractivity contribution in [2.24, 2.45) is 17.8 Å². The molecule has 3 atom stereocenters. The third-order valence-electron chi connectivity index (χ3n) is 5.13. The first-order chi connectivity index (χ1) is 11.1. The SMILES string of the molecule is Cc1ccccc1OCC(=O)NNC(=O)C[C@H]1C[C@@H]2CC[C@@H]1C2. The Hall–Kier alpha value is -2.04. The standard InChI is InChI=1S/C18H24N2O3/c1-12-4-2-3-5-16(12)23-11-18(22)20-19-17(21)10-15-9-13-6-7-14(15)8-13/h2-5,13-15H,6-11H2,1H3,(H,19,21)(H,20,22)/t13-,14-,15-/m1/s1. The van der Waals surface area contributed by atoms with E-state index in [-0.39, 0.29) is 18.4 Å². The second kappa shape index (κ2) is 7.02. The fourth-order valence-electron chi connectivity index (χ4n) is 3.95. The summed E-state index contributed by atoms with van der Waals surface area (Å²) in [6, 6.07) is 7.51. The summed E-state index contributed by atoms with van der Waals surface area (Å²) in [6.07, 6.45) is 5.56. The number of carbonyl (C=O) groups is 2. The van der Waals surface area contributed by atoms with Crippen LogP contribution in [0.1, 0.15) is 37.7 Å². The van der Waals surface area contributed by atoms with E-state index >= 15 is 0 Å². The van der Waals surface area contributed by atoms with Crippen LogP contribution in [-0.4, -0.2) is 18.4 Å². The average molecular weight is 316 g/mol. The molecule has 5 nitrogen and oxygen atoms in total. The lowest BCUT2D eigenvalue weighted by molar-refractivity contribution is -0.130. The van der Waals surface area contributed by atoms with Crippen LogP contribution in [0.3, 0.4) is 0 Å². The Bertz CT molecular complexity index is 587. The summed E-state index contributed by atoms with van der Waals surface area (Å²) in [5.74, 6) is 2.26. The van der Waals surface area contributed by atoms with Crippen molar-refractivity contribution in [1.29, 1.82) is 0 Å². The number of hydrazine groups is 1. The number of benzene rings is 1. The van der Waals surface area contributed by atoms with Crippen molar-refractivity contribution in [3.8, 4) is 5.75 Å². The number of carbonyl (C=O) groups excluding carboxylic acids is 2. The molecule has 0 heterocycles. The minimum atomic E-state index is -0.352. The Morgan fingerprint density at radius 3 is 2.61 bits per heavy atom. The molecule has 1 aromatic carbocycles. The Morgan fingerprint density at radius 1 is 1.13 bits per heavy atom. The molecule has 2 N–H and O–H groups in total. The van der Waals surface area contributed by atoms with Gasteiger partial charge in [0, 0.05) is 6.42 Å². The zero-order chi connectivity index (χ0) is 16.2. The number of para-hydroxylation sites is 1. The molecular weight excluding hydrogens is 292 g/mol. The lowest BCUT2D eigenvalue weighted by atomic mass is 9.86. The summed E-state index contributed by atoms with van der Waals surface area (Å²) in [7, 11) is 0. The molecule has 1 aromatic rings. The van der Waals surface area contributed by atoms with Crippen LogP contribution in [0.2, 0.25) is 0 Å². The Labute approximate surface area is 136 Å². The van der Waals surface area contributed by atoms with Gasteiger partial charge in [-0.3, -0.25) is 20.4 Å². The molecule has 2 fully saturated rings. The quantitative estimate of drug-likeness (QED) is 0.819. The smallest absolute Gasteiger partial charge is 0.276 e. The van der Waals surface area contributed by atoms with E-state index in [2.05, 4.69) is 10.9 Å². The van der Waals surface area contributed by atoms with Gasteiger partial charge in [-0.15, -0.1) is 0 Å². The zero-order valence-electron chi connectivity index (χ0n) is 13.5. The third kappa shape index (κ3) is 4.03. The number of aryl methyl sites for hydroxylation is 1. The van der Waals surface area contributed by atoms with E-state index in [4.69, 9.17) is 4.74 Å². The Morgan fingerprint density at radius 2 is 1.91 bits per heavy atom. The second-order valence-electron chi connectivity index (χ2n) is 6.79. The molecule has 0 saturated heterocycles. The van der Waals surface area contributed by atoms with Crippen molar-refractivity contribution in [1.82, 2.24) is 10.9 Å². The van der Waals surface area contributed by atoms with Crippen molar-refractivity contribution < 1.29 is 14.3 Å². The van der Waals surface area contributed by atoms with Crippen LogP contribution in [0, 0.1) is 24.7 Å². The highest BCUT2D eigenvalue weighted by Crippen LogP contribution is 2.49. The summed E-state index contributed by atoms with van der Waals surface area (Å²) in [6.45, 7) is 1.81. The monoisotopic (exact) mass is 316 g/mol. The van der Waals surface area contributed by atoms with Crippen molar-refractivity contribution >= 4 is 11.8 Å². The molecule has 0 aliphatic heterocycles. The summed E-state index contributed by atoms with van der Waals surface area (Å²) in [4.78, 5) is 23.7. The topological polar surface area (TPSA) is 67.4 Å². The number of hydrogen-bond donors (Lipinski definition) is 2. The highest BCUT2D eigenvalue weighted by molar-refractivity contribution is 5.82. The molecule has 124 valence electrons. The van der Waals surface area contributed by atoms with E-state index in [1.54, 1.807) is 0 Å². The van der Waals surface area contributed by atoms with Crippen LogP contribution >= 0.6 is 0 Å². The summed E-state index contributed by atoms with van der Waals surface area (Å²) in [5.41, 5.74) is 5.90. The van der Waals surface area contributed by atoms with Gasteiger partial charge in [-0.2, -0.15) is 0 Å². The fourth-order valence-corrected chi connectivity index (χ4v) is 3.95. The van der Waals surface area contributed by atoms with Gasteiger partial charge in [-0.25, -0.2) is 0 Å². The molecule has 0 spiro atoms. The Balaban J connectivity index is 1.35. The predicted octanol–water partition coefficient (Wildman–Crippen LogP) is 2.35. The molecule has 2 aliphatic rings. The van der Waals surface area contributed by atoms with E-state index < -0.39 is 0 Å². The molecule has 2 bridgehead atoms. The number of amides is 2. The van der Waals surface area contributed by atoms with Gasteiger partial charge < -0.3 is 4.74 Å². The molecule has 2 amide bonds. The van der Waals surface area contributed by atoms with Crippen LogP contribution in [0.25, 0.3) is 0 Å². The van der Waals surface area contributed by atoms with Crippen LogP contribution < -0.4 is 15.6 Å². The van der Waals surface area contributed by atoms with Crippen molar-refractivity contribution in [2.45, 2.75) is 39.0 Å². The highest BCUT2D eigenvalue weighted by atomic mass is 16.5. The van der Waals surface area contributed by atoms with Gasteiger partial charge in [-0.05, 0) is 55.6 Å². The van der Waals surface area contributed by atoms with Gasteiger partial charge in [0.2, 0.25) is 5.91 Å². The van der Waals surface area contributed by atoms with Crippen LogP contribution in [0.5, 0.6) is 5.75 Å². The van der Waals surface area contributed by atoms with E-state index in [0.717, 1.165) is 11.5 Å². The van der Waals surface area contributed by atoms with Crippen molar-refractivity contribution in [3.05, 3.63) is 29.8 Å². The maximum Gasteiger partial charge on any atom is 0.276 e. The first-order valence-corrected chi connectivity index (χ1v) is 8.38. The number of ether oxygens (including phenoxy) is 1. The molecule has 0 aromatic heterocycles. The first kappa shape index (κ1) is 15.8. The molecule has 0 radical (unpaired) electrons. The predicted molar refractivity (Wildman–Crippen MR) is 86.5 cm³/mol. The van der Waals surface area contributed by atoms with Crippen molar-refractivity contribution in [3.63, 3.8) is 0 Å². The van der Waals surface area contributed by atoms with Gasteiger partial charge in [0.15, 0.2) is 6.61 Å². The average Bonchev–Trinajstić information content (AvgIpc) is 3.15. The largest absolute Gasteiger partial charge is 0.483 e. The number of nitrogens with one attached hydrogen (secondary N) is 2. The van der Waals surface area contributed by atoms with Crippen molar-refractivity contribution in [2.75, 3.05) is 6.61 Å². The molecule has 23 heavy (non-hydrogen) atoms. The van der Waals surface area contributed by atoms with E-state index in [1.165, 1.54) is 25.7 Å². The lowest BCUT2D eigenvalue weighted by Gasteiger charge is -2.20. The normalized spacial score (nSPS) is 25.2. The molecule has 2 saturated carbocycles. The number of rotatable bonds is 5. The van der Waals surface area contributed by atoms with Gasteiger partial charge >= 0.3 is 0 Å². The summed E-state index contributed by atoms with van der Waals surface area (Å²) in [5, 5.41) is 0. The maximum absolute atomic E-state index is 11.9. The van der Waals surface area contributed by atoms with Gasteiger partial charge in [0.1, 0.15) is 5.75 Å². The first-order valence-electron chi connectivity index (χ1n) is 8.38. The van der Waals surface area contributed by atoms with Crippen LogP contribution in [0.15, 0.2) is 24.3 Å². The molecule has 0 unspecified atom stereocenters. The number of fused-ring (bicyclic) bond motifs is 2. The fraction of sp³-hybridized carbons (Fsp3) is 0.556. The minimum absolute atomic E-state index is 0.105. The molecule has 2 aliphatic carbocycles. The second-order valence-corrected chi connectivity index (χ2v) is 6.79. The Kier molecular flexibility index (Phi) is 4.84. The van der Waals surface area contributed by atoms with Gasteiger partial charge in [0.05, 0.1) is 0 Å². The molecular formula is C18H24N2O3. The zero-order valence-corrected chi connectivity index (χ0v) is 13.5. The summed E-state index contributed by atoms with van der Waals surface area (Å²) < 4.78 is 5.44. The number of hydrogen-bond acceptors (Lipinski definition) is 3. The van der Waals surface area contributed by atoms with Crippen LogP contribution in [0.4, 0.5) is 0 Å². The van der Waals surface area contributed by atoms with E-state index in [1.807, 2.05) is 31.2 Å². The molecule has 5 heteroatoms.